The summed E-state index contributed by atoms with van der Waals surface area (Å²) in [7, 11) is 1.47. The van der Waals surface area contributed by atoms with E-state index in [0.717, 1.165) is 0 Å². The number of urea groups is 1. The van der Waals surface area contributed by atoms with Crippen LogP contribution in [0.15, 0.2) is 36.4 Å². The predicted molar refractivity (Wildman–Crippen MR) is 160 cm³/mol. The summed E-state index contributed by atoms with van der Waals surface area (Å²) in [5.41, 5.74) is -0.602. The number of nitro groups is 1. The maximum Gasteiger partial charge on any atom is 0.345 e. The molecule has 4 amide bonds. The number of esters is 1. The molecule has 14 heteroatoms. The van der Waals surface area contributed by atoms with Crippen molar-refractivity contribution in [3.8, 4) is 5.75 Å². The van der Waals surface area contributed by atoms with Gasteiger partial charge in [0, 0.05) is 17.6 Å². The number of nitro benzene ring substituents is 1. The van der Waals surface area contributed by atoms with Gasteiger partial charge in [-0.25, -0.2) is 9.59 Å². The molecule has 0 unspecified atom stereocenters. The van der Waals surface area contributed by atoms with Gasteiger partial charge in [-0.1, -0.05) is 40.5 Å². The van der Waals surface area contributed by atoms with Crippen LogP contribution >= 0.6 is 27.5 Å². The summed E-state index contributed by atoms with van der Waals surface area (Å²) in [5.74, 6) is -2.26. The minimum absolute atomic E-state index is 0.0271. The van der Waals surface area contributed by atoms with Crippen LogP contribution in [0.5, 0.6) is 5.75 Å². The first kappa shape index (κ1) is 34.5. The average molecular weight is 670 g/mol. The highest BCUT2D eigenvalue weighted by molar-refractivity contribution is 9.09. The van der Waals surface area contributed by atoms with Gasteiger partial charge >= 0.3 is 12.0 Å². The van der Waals surface area contributed by atoms with E-state index >= 15 is 0 Å². The molecule has 2 aromatic carbocycles. The molecular weight excluding hydrogens is 636 g/mol. The van der Waals surface area contributed by atoms with Gasteiger partial charge in [-0.05, 0) is 69.0 Å². The fraction of sp³-hybridized carbons (Fsp3) is 0.429. The molecule has 0 radical (unpaired) electrons. The lowest BCUT2D eigenvalue weighted by atomic mass is 9.97. The third-order valence-corrected chi connectivity index (χ3v) is 6.68. The van der Waals surface area contributed by atoms with Crippen LogP contribution in [0.2, 0.25) is 5.02 Å². The number of nitrogens with zero attached hydrogens (tertiary/aromatic N) is 1. The first-order valence-electron chi connectivity index (χ1n) is 13.0. The zero-order valence-corrected chi connectivity index (χ0v) is 26.3. The van der Waals surface area contributed by atoms with Crippen molar-refractivity contribution in [1.29, 1.82) is 0 Å². The molecule has 228 valence electrons. The molecule has 0 saturated carbocycles. The Morgan fingerprint density at radius 1 is 1.12 bits per heavy atom. The molecule has 42 heavy (non-hydrogen) atoms. The molecular formula is C28H34BrClN4O8. The molecule has 0 spiro atoms. The number of imide groups is 1. The number of amides is 4. The standard InChI is InChI=1S/C28H34BrClN4O8/c1-6-21(16-7-9-20(22(13-16)34(39)40)26(37)42-28(2,3)4)32-27(38)33-25(36)18(15-31-24(35)14-29)11-17-12-19(30)8-10-23(17)41-5/h7-10,12-13,18,21H,6,11,14-15H2,1-5H3,(H,31,35)(H2,32,33,36,38)/t18-,21+/m0/s1. The second-order valence-corrected chi connectivity index (χ2v) is 11.3. The van der Waals surface area contributed by atoms with E-state index in [1.165, 1.54) is 25.3 Å². The molecule has 0 aromatic heterocycles. The van der Waals surface area contributed by atoms with Gasteiger partial charge in [0.15, 0.2) is 0 Å². The molecule has 0 aliphatic heterocycles. The first-order chi connectivity index (χ1) is 19.7. The second-order valence-electron chi connectivity index (χ2n) is 10.3. The van der Waals surface area contributed by atoms with Gasteiger partial charge in [0.2, 0.25) is 11.8 Å². The van der Waals surface area contributed by atoms with Gasteiger partial charge in [-0.2, -0.15) is 0 Å². The second kappa shape index (κ2) is 15.5. The number of hydrogen-bond acceptors (Lipinski definition) is 8. The van der Waals surface area contributed by atoms with Crippen LogP contribution in [0.3, 0.4) is 0 Å². The smallest absolute Gasteiger partial charge is 0.345 e. The van der Waals surface area contributed by atoms with E-state index in [4.69, 9.17) is 21.1 Å². The van der Waals surface area contributed by atoms with E-state index in [9.17, 15) is 29.3 Å². The van der Waals surface area contributed by atoms with Gasteiger partial charge in [0.25, 0.3) is 5.69 Å². The number of benzene rings is 2. The first-order valence-corrected chi connectivity index (χ1v) is 14.5. The van der Waals surface area contributed by atoms with Crippen molar-refractivity contribution in [2.45, 2.75) is 52.2 Å². The lowest BCUT2D eigenvalue weighted by Gasteiger charge is -2.22. The summed E-state index contributed by atoms with van der Waals surface area (Å²) in [6.07, 6.45) is 0.413. The van der Waals surface area contributed by atoms with Crippen molar-refractivity contribution in [2.75, 3.05) is 19.0 Å². The Bertz CT molecular complexity index is 1330. The highest BCUT2D eigenvalue weighted by atomic mass is 79.9. The van der Waals surface area contributed by atoms with E-state index in [-0.39, 0.29) is 29.8 Å². The fourth-order valence-electron chi connectivity index (χ4n) is 3.97. The van der Waals surface area contributed by atoms with Crippen molar-refractivity contribution in [3.63, 3.8) is 0 Å². The molecule has 12 nitrogen and oxygen atoms in total. The predicted octanol–water partition coefficient (Wildman–Crippen LogP) is 4.86. The van der Waals surface area contributed by atoms with Gasteiger partial charge in [0.1, 0.15) is 16.9 Å². The van der Waals surface area contributed by atoms with Crippen molar-refractivity contribution in [1.82, 2.24) is 16.0 Å². The summed E-state index contributed by atoms with van der Waals surface area (Å²) in [6.45, 7) is 6.61. The molecule has 0 fully saturated rings. The normalized spacial score (nSPS) is 12.5. The molecule has 0 saturated heterocycles. The van der Waals surface area contributed by atoms with Crippen LogP contribution in [0, 0.1) is 16.0 Å². The largest absolute Gasteiger partial charge is 0.496 e. The number of nitrogens with one attached hydrogen (secondary N) is 3. The Hall–Kier alpha value is -3.71. The number of carbonyl (C=O) groups excluding carboxylic acids is 4. The molecule has 2 atom stereocenters. The van der Waals surface area contributed by atoms with E-state index in [1.807, 2.05) is 0 Å². The molecule has 3 N–H and O–H groups in total. The lowest BCUT2D eigenvalue weighted by molar-refractivity contribution is -0.385. The van der Waals surface area contributed by atoms with E-state index in [2.05, 4.69) is 31.9 Å². The molecule has 2 aromatic rings. The minimum atomic E-state index is -0.875. The lowest BCUT2D eigenvalue weighted by Crippen LogP contribution is -2.46. The van der Waals surface area contributed by atoms with Crippen LogP contribution in [-0.4, -0.2) is 53.3 Å². The molecule has 2 rings (SSSR count). The summed E-state index contributed by atoms with van der Waals surface area (Å²) in [5, 5.41) is 19.8. The number of alkyl halides is 1. The Labute approximate surface area is 257 Å². The number of methoxy groups -OCH3 is 1. The fourth-order valence-corrected chi connectivity index (χ4v) is 4.36. The van der Waals surface area contributed by atoms with Crippen molar-refractivity contribution >= 4 is 57.0 Å². The van der Waals surface area contributed by atoms with Crippen molar-refractivity contribution in [3.05, 3.63) is 68.2 Å². The van der Waals surface area contributed by atoms with Gasteiger partial charge in [-0.3, -0.25) is 25.0 Å². The van der Waals surface area contributed by atoms with Crippen LogP contribution in [0.1, 0.15) is 61.6 Å². The minimum Gasteiger partial charge on any atom is -0.496 e. The average Bonchev–Trinajstić information content (AvgIpc) is 2.92. The third-order valence-electron chi connectivity index (χ3n) is 5.94. The van der Waals surface area contributed by atoms with Crippen LogP contribution in [0.25, 0.3) is 0 Å². The van der Waals surface area contributed by atoms with Crippen LogP contribution < -0.4 is 20.7 Å². The Morgan fingerprint density at radius 3 is 2.38 bits per heavy atom. The number of ether oxygens (including phenoxy) is 2. The summed E-state index contributed by atoms with van der Waals surface area (Å²) in [4.78, 5) is 61.5. The van der Waals surface area contributed by atoms with Gasteiger partial charge in [-0.15, -0.1) is 0 Å². The quantitative estimate of drug-likeness (QED) is 0.125. The van der Waals surface area contributed by atoms with Crippen LogP contribution in [0.4, 0.5) is 10.5 Å². The number of rotatable bonds is 12. The summed E-state index contributed by atoms with van der Waals surface area (Å²) in [6, 6.07) is 7.28. The van der Waals surface area contributed by atoms with Crippen molar-refractivity contribution in [2.24, 2.45) is 5.92 Å². The SMILES string of the molecule is CC[C@@H](NC(=O)NC(=O)[C@H](CNC(=O)CBr)Cc1cc(Cl)ccc1OC)c1ccc(C(=O)OC(C)(C)C)c([N+](=O)[O-])c1. The highest BCUT2D eigenvalue weighted by Gasteiger charge is 2.28. The van der Waals surface area contributed by atoms with Crippen molar-refractivity contribution < 1.29 is 33.6 Å². The Kier molecular flexibility index (Phi) is 12.7. The zero-order valence-electron chi connectivity index (χ0n) is 23.9. The van der Waals surface area contributed by atoms with Crippen LogP contribution in [-0.2, 0) is 20.7 Å². The third kappa shape index (κ3) is 10.3. The molecule has 0 aliphatic rings. The summed E-state index contributed by atoms with van der Waals surface area (Å²) < 4.78 is 10.6. The number of halogens is 2. The monoisotopic (exact) mass is 668 g/mol. The maximum atomic E-state index is 13.2. The van der Waals surface area contributed by atoms with E-state index in [1.54, 1.807) is 45.9 Å². The summed E-state index contributed by atoms with van der Waals surface area (Å²) >= 11 is 9.18. The topological polar surface area (TPSA) is 166 Å². The maximum absolute atomic E-state index is 13.2. The Morgan fingerprint density at radius 2 is 1.81 bits per heavy atom. The molecule has 0 bridgehead atoms. The number of hydrogen-bond donors (Lipinski definition) is 3. The number of carbonyl (C=O) groups is 4. The Balaban J connectivity index is 2.24. The van der Waals surface area contributed by atoms with Gasteiger partial charge in [0.05, 0.1) is 29.3 Å². The zero-order chi connectivity index (χ0) is 31.6. The highest BCUT2D eigenvalue weighted by Crippen LogP contribution is 2.28. The van der Waals surface area contributed by atoms with E-state index in [0.29, 0.717) is 28.3 Å². The molecule has 0 aliphatic carbocycles. The van der Waals surface area contributed by atoms with Gasteiger partial charge < -0.3 is 20.1 Å². The molecule has 0 heterocycles. The van der Waals surface area contributed by atoms with E-state index < -0.39 is 46.1 Å².